The van der Waals surface area contributed by atoms with Crippen molar-refractivity contribution in [1.29, 1.82) is 0 Å². The van der Waals surface area contributed by atoms with Crippen molar-refractivity contribution in [2.75, 3.05) is 0 Å². The first kappa shape index (κ1) is 14.7. The number of sulfonamides is 1. The van der Waals surface area contributed by atoms with Gasteiger partial charge in [-0.1, -0.05) is 22.9 Å². The first-order chi connectivity index (χ1) is 7.74. The lowest BCUT2D eigenvalue weighted by atomic mass is 10.2. The first-order valence-electron chi connectivity index (χ1n) is 5.42. The van der Waals surface area contributed by atoms with E-state index in [2.05, 4.69) is 30.8 Å². The van der Waals surface area contributed by atoms with Crippen LogP contribution in [0.25, 0.3) is 0 Å². The van der Waals surface area contributed by atoms with Gasteiger partial charge in [-0.2, -0.15) is 5.10 Å². The Morgan fingerprint density at radius 3 is 2.41 bits per heavy atom. The molecule has 7 heteroatoms. The number of nitrogens with zero attached hydrogens (tertiary/aromatic N) is 1. The summed E-state index contributed by atoms with van der Waals surface area (Å²) < 4.78 is 26.9. The van der Waals surface area contributed by atoms with Crippen LogP contribution in [-0.4, -0.2) is 29.5 Å². The van der Waals surface area contributed by atoms with Gasteiger partial charge < -0.3 is 0 Å². The topological polar surface area (TPSA) is 74.8 Å². The van der Waals surface area contributed by atoms with Gasteiger partial charge in [0.15, 0.2) is 0 Å². The molecule has 1 aromatic heterocycles. The van der Waals surface area contributed by atoms with E-state index in [9.17, 15) is 8.42 Å². The van der Waals surface area contributed by atoms with E-state index in [4.69, 9.17) is 0 Å². The SMILES string of the molecule is Cc1n[nH]c(C)c1S(=O)(=O)NC(C)CC(C)Br. The quantitative estimate of drug-likeness (QED) is 0.812. The van der Waals surface area contributed by atoms with E-state index >= 15 is 0 Å². The van der Waals surface area contributed by atoms with E-state index < -0.39 is 10.0 Å². The summed E-state index contributed by atoms with van der Waals surface area (Å²) in [4.78, 5) is 0.526. The van der Waals surface area contributed by atoms with Gasteiger partial charge in [0.2, 0.25) is 10.0 Å². The highest BCUT2D eigenvalue weighted by Gasteiger charge is 2.24. The maximum absolute atomic E-state index is 12.1. The Morgan fingerprint density at radius 2 is 2.00 bits per heavy atom. The fourth-order valence-electron chi connectivity index (χ4n) is 1.80. The fraction of sp³-hybridized carbons (Fsp3) is 0.700. The van der Waals surface area contributed by atoms with Crippen LogP contribution in [0.1, 0.15) is 31.7 Å². The summed E-state index contributed by atoms with van der Waals surface area (Å²) in [5.41, 5.74) is 1.06. The molecule has 17 heavy (non-hydrogen) atoms. The van der Waals surface area contributed by atoms with Gasteiger partial charge in [0.1, 0.15) is 4.90 Å². The molecule has 98 valence electrons. The largest absolute Gasteiger partial charge is 0.281 e. The highest BCUT2D eigenvalue weighted by atomic mass is 79.9. The molecule has 0 fully saturated rings. The molecule has 0 aliphatic rings. The van der Waals surface area contributed by atoms with Crippen LogP contribution < -0.4 is 4.72 Å². The Morgan fingerprint density at radius 1 is 1.41 bits per heavy atom. The van der Waals surface area contributed by atoms with Gasteiger partial charge in [0, 0.05) is 10.9 Å². The molecule has 0 bridgehead atoms. The first-order valence-corrected chi connectivity index (χ1v) is 7.82. The van der Waals surface area contributed by atoms with Crippen LogP contribution in [-0.2, 0) is 10.0 Å². The second kappa shape index (κ2) is 5.49. The molecule has 0 radical (unpaired) electrons. The van der Waals surface area contributed by atoms with Crippen LogP contribution in [0.3, 0.4) is 0 Å². The molecule has 0 saturated carbocycles. The van der Waals surface area contributed by atoms with Gasteiger partial charge >= 0.3 is 0 Å². The number of halogens is 1. The normalized spacial score (nSPS) is 15.8. The van der Waals surface area contributed by atoms with Crippen LogP contribution in [0.15, 0.2) is 4.90 Å². The second-order valence-electron chi connectivity index (χ2n) is 4.30. The molecule has 5 nitrogen and oxygen atoms in total. The van der Waals surface area contributed by atoms with Gasteiger partial charge in [0.05, 0.1) is 11.4 Å². The molecule has 2 N–H and O–H groups in total. The number of nitrogens with one attached hydrogen (secondary N) is 2. The molecule has 1 rings (SSSR count). The smallest absolute Gasteiger partial charge is 0.244 e. The third-order valence-electron chi connectivity index (χ3n) is 2.36. The lowest BCUT2D eigenvalue weighted by Crippen LogP contribution is -2.34. The van der Waals surface area contributed by atoms with Gasteiger partial charge in [-0.25, -0.2) is 13.1 Å². The number of rotatable bonds is 5. The Bertz CT molecular complexity index is 462. The third kappa shape index (κ3) is 3.79. The van der Waals surface area contributed by atoms with Gasteiger partial charge in [-0.15, -0.1) is 0 Å². The summed E-state index contributed by atoms with van der Waals surface area (Å²) in [7, 11) is -3.49. The zero-order chi connectivity index (χ0) is 13.2. The van der Waals surface area contributed by atoms with E-state index in [1.54, 1.807) is 13.8 Å². The third-order valence-corrected chi connectivity index (χ3v) is 4.59. The number of hydrogen-bond acceptors (Lipinski definition) is 3. The summed E-state index contributed by atoms with van der Waals surface area (Å²) in [6.07, 6.45) is 0.731. The van der Waals surface area contributed by atoms with Crippen molar-refractivity contribution in [3.8, 4) is 0 Å². The molecule has 0 aliphatic heterocycles. The molecule has 2 unspecified atom stereocenters. The summed E-state index contributed by atoms with van der Waals surface area (Å²) in [5, 5.41) is 6.58. The lowest BCUT2D eigenvalue weighted by molar-refractivity contribution is 0.547. The molecule has 0 amide bonds. The van der Waals surface area contributed by atoms with Crippen molar-refractivity contribution in [2.45, 2.75) is 49.9 Å². The Balaban J connectivity index is 2.90. The molecular weight excluding hydrogens is 306 g/mol. The molecule has 2 atom stereocenters. The van der Waals surface area contributed by atoms with Crippen molar-refractivity contribution in [3.05, 3.63) is 11.4 Å². The van der Waals surface area contributed by atoms with E-state index in [0.717, 1.165) is 6.42 Å². The van der Waals surface area contributed by atoms with E-state index in [0.29, 0.717) is 11.4 Å². The van der Waals surface area contributed by atoms with Gasteiger partial charge in [-0.3, -0.25) is 5.10 Å². The number of H-pyrrole nitrogens is 1. The summed E-state index contributed by atoms with van der Waals surface area (Å²) in [5.74, 6) is 0. The average molecular weight is 324 g/mol. The van der Waals surface area contributed by atoms with Crippen molar-refractivity contribution in [1.82, 2.24) is 14.9 Å². The number of alkyl halides is 1. The maximum atomic E-state index is 12.1. The summed E-state index contributed by atoms with van der Waals surface area (Å²) in [6.45, 7) is 7.21. The van der Waals surface area contributed by atoms with E-state index in [1.165, 1.54) is 0 Å². The van der Waals surface area contributed by atoms with Crippen molar-refractivity contribution >= 4 is 26.0 Å². The molecule has 1 aromatic rings. The average Bonchev–Trinajstić information content (AvgIpc) is 2.43. The Kier molecular flexibility index (Phi) is 4.74. The van der Waals surface area contributed by atoms with Crippen molar-refractivity contribution < 1.29 is 8.42 Å². The van der Waals surface area contributed by atoms with Crippen LogP contribution in [0, 0.1) is 13.8 Å². The molecular formula is C10H18BrN3O2S. The van der Waals surface area contributed by atoms with Crippen molar-refractivity contribution in [2.24, 2.45) is 0 Å². The van der Waals surface area contributed by atoms with Crippen LogP contribution in [0.2, 0.25) is 0 Å². The number of aryl methyl sites for hydroxylation is 2. The lowest BCUT2D eigenvalue weighted by Gasteiger charge is -2.15. The molecule has 0 aliphatic carbocycles. The Labute approximate surface area is 111 Å². The monoisotopic (exact) mass is 323 g/mol. The minimum atomic E-state index is -3.49. The number of aromatic amines is 1. The predicted molar refractivity (Wildman–Crippen MR) is 70.9 cm³/mol. The minimum Gasteiger partial charge on any atom is -0.281 e. The summed E-state index contributed by atoms with van der Waals surface area (Å²) >= 11 is 3.41. The van der Waals surface area contributed by atoms with Crippen LogP contribution in [0.5, 0.6) is 0 Å². The van der Waals surface area contributed by atoms with Crippen LogP contribution >= 0.6 is 15.9 Å². The highest BCUT2D eigenvalue weighted by molar-refractivity contribution is 9.09. The zero-order valence-electron chi connectivity index (χ0n) is 10.4. The zero-order valence-corrected chi connectivity index (χ0v) is 12.8. The molecule has 1 heterocycles. The second-order valence-corrected chi connectivity index (χ2v) is 7.52. The minimum absolute atomic E-state index is 0.122. The predicted octanol–water partition coefficient (Wildman–Crippen LogP) is 1.87. The fourth-order valence-corrected chi connectivity index (χ4v) is 3.98. The van der Waals surface area contributed by atoms with Crippen LogP contribution in [0.4, 0.5) is 0 Å². The maximum Gasteiger partial charge on any atom is 0.244 e. The number of aromatic nitrogens is 2. The molecule has 0 aromatic carbocycles. The van der Waals surface area contributed by atoms with Gasteiger partial charge in [0.25, 0.3) is 0 Å². The summed E-state index contributed by atoms with van der Waals surface area (Å²) in [6, 6.07) is -0.122. The van der Waals surface area contributed by atoms with E-state index in [1.807, 2.05) is 13.8 Å². The standard InChI is InChI=1S/C10H18BrN3O2S/c1-6(11)5-7(2)14-17(15,16)10-8(3)12-13-9(10)4/h6-7,14H,5H2,1-4H3,(H,12,13). The van der Waals surface area contributed by atoms with E-state index in [-0.39, 0.29) is 15.8 Å². The highest BCUT2D eigenvalue weighted by Crippen LogP contribution is 2.17. The Hall–Kier alpha value is -0.400. The number of hydrogen-bond donors (Lipinski definition) is 2. The van der Waals surface area contributed by atoms with Crippen molar-refractivity contribution in [3.63, 3.8) is 0 Å². The van der Waals surface area contributed by atoms with Gasteiger partial charge in [-0.05, 0) is 27.2 Å². The molecule has 0 saturated heterocycles. The molecule has 0 spiro atoms.